The van der Waals surface area contributed by atoms with Gasteiger partial charge >= 0.3 is 0 Å². The van der Waals surface area contributed by atoms with Crippen LogP contribution in [0.2, 0.25) is 0 Å². The third-order valence-electron chi connectivity index (χ3n) is 3.16. The molecule has 0 fully saturated rings. The second-order valence-corrected chi connectivity index (χ2v) is 4.80. The monoisotopic (exact) mass is 311 g/mol. The Morgan fingerprint density at radius 3 is 2.78 bits per heavy atom. The zero-order valence-corrected chi connectivity index (χ0v) is 12.3. The molecule has 3 aromatic rings. The number of rotatable bonds is 5. The van der Waals surface area contributed by atoms with E-state index in [1.165, 1.54) is 18.3 Å². The average Bonchev–Trinajstić information content (AvgIpc) is 3.00. The summed E-state index contributed by atoms with van der Waals surface area (Å²) in [5, 5.41) is 17.9. The van der Waals surface area contributed by atoms with Crippen LogP contribution >= 0.6 is 0 Å². The van der Waals surface area contributed by atoms with Crippen molar-refractivity contribution in [3.05, 3.63) is 65.4 Å². The summed E-state index contributed by atoms with van der Waals surface area (Å²) in [4.78, 5) is 12.3. The lowest BCUT2D eigenvalue weighted by atomic mass is 10.1. The van der Waals surface area contributed by atoms with E-state index in [-0.39, 0.29) is 23.8 Å². The Labute approximate surface area is 131 Å². The zero-order chi connectivity index (χ0) is 16.2. The molecule has 0 aromatic carbocycles. The van der Waals surface area contributed by atoms with Crippen LogP contribution in [0.1, 0.15) is 22.9 Å². The molecule has 7 nitrogen and oxygen atoms in total. The van der Waals surface area contributed by atoms with Gasteiger partial charge < -0.3 is 5.32 Å². The highest BCUT2D eigenvalue weighted by molar-refractivity contribution is 6.11. The van der Waals surface area contributed by atoms with Crippen LogP contribution in [0.25, 0.3) is 0 Å². The Bertz CT molecular complexity index is 843. The van der Waals surface area contributed by atoms with Crippen molar-refractivity contribution >= 4 is 11.5 Å². The van der Waals surface area contributed by atoms with Crippen LogP contribution < -0.4 is 5.32 Å². The Balaban J connectivity index is 1.83. The van der Waals surface area contributed by atoms with Crippen molar-refractivity contribution in [3.8, 4) is 0 Å². The molecule has 0 bridgehead atoms. The summed E-state index contributed by atoms with van der Waals surface area (Å²) in [6.07, 6.45) is 3.12. The van der Waals surface area contributed by atoms with Gasteiger partial charge in [-0.2, -0.15) is 5.10 Å². The first-order valence-corrected chi connectivity index (χ1v) is 6.91. The van der Waals surface area contributed by atoms with Crippen LogP contribution in [0.5, 0.6) is 0 Å². The van der Waals surface area contributed by atoms with Crippen molar-refractivity contribution in [1.29, 1.82) is 5.41 Å². The molecule has 3 aromatic heterocycles. The Kier molecular flexibility index (Phi) is 4.05. The minimum Gasteiger partial charge on any atom is -0.364 e. The molecule has 0 unspecified atom stereocenters. The summed E-state index contributed by atoms with van der Waals surface area (Å²) in [5.41, 5.74) is 0.943. The van der Waals surface area contributed by atoms with Crippen molar-refractivity contribution in [2.45, 2.75) is 13.5 Å². The van der Waals surface area contributed by atoms with E-state index in [1.54, 1.807) is 25.3 Å². The molecule has 0 radical (unpaired) electrons. The van der Waals surface area contributed by atoms with Gasteiger partial charge in [0.15, 0.2) is 5.82 Å². The maximum Gasteiger partial charge on any atom is 0.199 e. The van der Waals surface area contributed by atoms with Gasteiger partial charge in [-0.05, 0) is 31.2 Å². The molecule has 3 heterocycles. The van der Waals surface area contributed by atoms with E-state index in [4.69, 9.17) is 5.41 Å². The van der Waals surface area contributed by atoms with Gasteiger partial charge in [-0.25, -0.2) is 14.4 Å². The topological polar surface area (TPSA) is 103 Å². The smallest absolute Gasteiger partial charge is 0.199 e. The number of H-pyrrole nitrogens is 1. The van der Waals surface area contributed by atoms with Crippen LogP contribution in [0.3, 0.4) is 0 Å². The maximum absolute atomic E-state index is 13.6. The van der Waals surface area contributed by atoms with E-state index in [1.807, 2.05) is 0 Å². The molecule has 0 saturated carbocycles. The van der Waals surface area contributed by atoms with Crippen molar-refractivity contribution < 1.29 is 4.39 Å². The van der Waals surface area contributed by atoms with Gasteiger partial charge in [0.1, 0.15) is 23.2 Å². The molecule has 0 aliphatic carbocycles. The molecule has 3 rings (SSSR count). The summed E-state index contributed by atoms with van der Waals surface area (Å²) in [6.45, 7) is 1.92. The molecule has 116 valence electrons. The van der Waals surface area contributed by atoms with Crippen molar-refractivity contribution in [2.75, 3.05) is 5.32 Å². The summed E-state index contributed by atoms with van der Waals surface area (Å²) in [7, 11) is 0. The predicted octanol–water partition coefficient (Wildman–Crippen LogP) is 2.07. The Morgan fingerprint density at radius 1 is 1.26 bits per heavy atom. The van der Waals surface area contributed by atoms with E-state index < -0.39 is 5.82 Å². The van der Waals surface area contributed by atoms with E-state index in [9.17, 15) is 4.39 Å². The number of hydrogen-bond donors (Lipinski definition) is 3. The van der Waals surface area contributed by atoms with Crippen molar-refractivity contribution in [1.82, 2.24) is 25.1 Å². The second kappa shape index (κ2) is 6.30. The Hall–Kier alpha value is -3.16. The third-order valence-corrected chi connectivity index (χ3v) is 3.16. The SMILES string of the molecule is Cc1nc(C(=N)c2cccnc2NCc2ncccc2F)n[nH]1. The fourth-order valence-electron chi connectivity index (χ4n) is 2.04. The largest absolute Gasteiger partial charge is 0.364 e. The number of pyridine rings is 2. The third kappa shape index (κ3) is 3.20. The van der Waals surface area contributed by atoms with Crippen LogP contribution in [0.4, 0.5) is 10.2 Å². The number of aromatic nitrogens is 5. The number of nitrogens with one attached hydrogen (secondary N) is 3. The van der Waals surface area contributed by atoms with Crippen LogP contribution in [0, 0.1) is 18.2 Å². The highest BCUT2D eigenvalue weighted by Crippen LogP contribution is 2.16. The first-order chi connectivity index (χ1) is 11.1. The van der Waals surface area contributed by atoms with Gasteiger partial charge in [-0.1, -0.05) is 0 Å². The average molecular weight is 311 g/mol. The van der Waals surface area contributed by atoms with E-state index in [0.717, 1.165) is 0 Å². The molecule has 3 N–H and O–H groups in total. The van der Waals surface area contributed by atoms with Gasteiger partial charge in [0.25, 0.3) is 0 Å². The molecule has 23 heavy (non-hydrogen) atoms. The summed E-state index contributed by atoms with van der Waals surface area (Å²) in [6, 6.07) is 6.34. The summed E-state index contributed by atoms with van der Waals surface area (Å²) in [5.74, 6) is 0.962. The van der Waals surface area contributed by atoms with Gasteiger partial charge in [0.2, 0.25) is 0 Å². The number of nitrogens with zero attached hydrogens (tertiary/aromatic N) is 4. The van der Waals surface area contributed by atoms with Gasteiger partial charge in [0.05, 0.1) is 12.2 Å². The molecule has 8 heteroatoms. The van der Waals surface area contributed by atoms with Crippen LogP contribution in [-0.2, 0) is 6.54 Å². The molecule has 0 aliphatic heterocycles. The second-order valence-electron chi connectivity index (χ2n) is 4.80. The first-order valence-electron chi connectivity index (χ1n) is 6.91. The molecule has 0 amide bonds. The molecular weight excluding hydrogens is 297 g/mol. The molecular formula is C15H14FN7. The molecule has 0 saturated heterocycles. The van der Waals surface area contributed by atoms with E-state index >= 15 is 0 Å². The zero-order valence-electron chi connectivity index (χ0n) is 12.3. The molecule has 0 spiro atoms. The number of aromatic amines is 1. The standard InChI is InChI=1S/C15H14FN7/c1-9-21-15(23-22-9)13(17)10-4-2-7-19-14(10)20-8-12-11(16)5-3-6-18-12/h2-7,17H,8H2,1H3,(H,19,20)(H,21,22,23). The lowest BCUT2D eigenvalue weighted by molar-refractivity contribution is 0.602. The van der Waals surface area contributed by atoms with E-state index in [2.05, 4.69) is 30.5 Å². The Morgan fingerprint density at radius 2 is 2.04 bits per heavy atom. The predicted molar refractivity (Wildman–Crippen MR) is 82.8 cm³/mol. The maximum atomic E-state index is 13.6. The number of hydrogen-bond acceptors (Lipinski definition) is 6. The molecule has 0 atom stereocenters. The highest BCUT2D eigenvalue weighted by atomic mass is 19.1. The van der Waals surface area contributed by atoms with Gasteiger partial charge in [-0.3, -0.25) is 15.5 Å². The molecule has 0 aliphatic rings. The van der Waals surface area contributed by atoms with E-state index in [0.29, 0.717) is 17.2 Å². The van der Waals surface area contributed by atoms with Gasteiger partial charge in [0, 0.05) is 18.0 Å². The quantitative estimate of drug-likeness (QED) is 0.626. The van der Waals surface area contributed by atoms with Crippen molar-refractivity contribution in [2.24, 2.45) is 0 Å². The number of halogens is 1. The minimum absolute atomic E-state index is 0.131. The summed E-state index contributed by atoms with van der Waals surface area (Å²) >= 11 is 0. The normalized spacial score (nSPS) is 10.5. The van der Waals surface area contributed by atoms with Gasteiger partial charge in [-0.15, -0.1) is 0 Å². The number of anilines is 1. The summed E-state index contributed by atoms with van der Waals surface area (Å²) < 4.78 is 13.6. The van der Waals surface area contributed by atoms with Crippen LogP contribution in [-0.4, -0.2) is 30.9 Å². The van der Waals surface area contributed by atoms with Crippen molar-refractivity contribution in [3.63, 3.8) is 0 Å². The fourth-order valence-corrected chi connectivity index (χ4v) is 2.04. The highest BCUT2D eigenvalue weighted by Gasteiger charge is 2.15. The number of aryl methyl sites for hydroxylation is 1. The first kappa shape index (κ1) is 14.8. The lowest BCUT2D eigenvalue weighted by Crippen LogP contribution is -2.12. The lowest BCUT2D eigenvalue weighted by Gasteiger charge is -2.10. The van der Waals surface area contributed by atoms with Crippen LogP contribution in [0.15, 0.2) is 36.7 Å². The fraction of sp³-hybridized carbons (Fsp3) is 0.133. The minimum atomic E-state index is -0.392.